The normalized spacial score (nSPS) is 32.3. The molecule has 1 heteroatoms. The van der Waals surface area contributed by atoms with Crippen molar-refractivity contribution in [2.24, 2.45) is 17.3 Å². The van der Waals surface area contributed by atoms with Crippen molar-refractivity contribution >= 4 is 0 Å². The van der Waals surface area contributed by atoms with Gasteiger partial charge in [-0.2, -0.15) is 5.26 Å². The van der Waals surface area contributed by atoms with E-state index in [-0.39, 0.29) is 5.41 Å². The maximum absolute atomic E-state index is 9.87. The molecular formula is C21H35N. The van der Waals surface area contributed by atoms with Gasteiger partial charge in [0, 0.05) is 0 Å². The molecule has 0 spiro atoms. The van der Waals surface area contributed by atoms with Gasteiger partial charge in [-0.1, -0.05) is 64.0 Å². The van der Waals surface area contributed by atoms with Crippen LogP contribution < -0.4 is 0 Å². The van der Waals surface area contributed by atoms with Crippen LogP contribution in [0.3, 0.4) is 0 Å². The second-order valence-corrected chi connectivity index (χ2v) is 7.79. The summed E-state index contributed by atoms with van der Waals surface area (Å²) >= 11 is 0. The molecule has 1 nitrogen and oxygen atoms in total. The number of hydrogen-bond acceptors (Lipinski definition) is 1. The molecular weight excluding hydrogens is 266 g/mol. The zero-order valence-corrected chi connectivity index (χ0v) is 14.9. The van der Waals surface area contributed by atoms with E-state index in [1.807, 2.05) is 0 Å². The Bertz CT molecular complexity index is 393. The molecule has 0 unspecified atom stereocenters. The van der Waals surface area contributed by atoms with Gasteiger partial charge in [-0.15, -0.1) is 0 Å². The summed E-state index contributed by atoms with van der Waals surface area (Å²) in [5.74, 6) is 1.78. The molecule has 124 valence electrons. The number of unbranched alkanes of at least 4 members (excludes halogenated alkanes) is 2. The largest absolute Gasteiger partial charge is 0.197 e. The van der Waals surface area contributed by atoms with Crippen molar-refractivity contribution in [1.29, 1.82) is 5.26 Å². The second kappa shape index (κ2) is 8.76. The van der Waals surface area contributed by atoms with E-state index in [0.717, 1.165) is 24.7 Å². The lowest BCUT2D eigenvalue weighted by Crippen LogP contribution is -2.29. The Labute approximate surface area is 138 Å². The summed E-state index contributed by atoms with van der Waals surface area (Å²) in [6.45, 7) is 4.57. The van der Waals surface area contributed by atoms with Crippen LogP contribution in [-0.2, 0) is 0 Å². The fourth-order valence-corrected chi connectivity index (χ4v) is 4.53. The van der Waals surface area contributed by atoms with Crippen molar-refractivity contribution in [3.05, 3.63) is 11.6 Å². The highest BCUT2D eigenvalue weighted by atomic mass is 14.4. The van der Waals surface area contributed by atoms with Crippen molar-refractivity contribution in [2.45, 2.75) is 97.3 Å². The van der Waals surface area contributed by atoms with E-state index in [0.29, 0.717) is 0 Å². The maximum Gasteiger partial charge on any atom is 0.0782 e. The molecule has 1 fully saturated rings. The lowest BCUT2D eigenvalue weighted by molar-refractivity contribution is 0.222. The highest BCUT2D eigenvalue weighted by Crippen LogP contribution is 2.48. The Morgan fingerprint density at radius 3 is 2.18 bits per heavy atom. The number of allylic oxidation sites excluding steroid dienone is 2. The standard InChI is InChI=1S/C21H35N/c1-3-5-7-18-9-11-20(12-10-18)21(17-22)15-13-19(14-16-21)8-6-4-2/h11,18-19H,3-10,12-16H2,1-2H3/t18-,19?,21?/m0/s1. The Balaban J connectivity index is 1.90. The average molecular weight is 302 g/mol. The molecule has 2 aliphatic carbocycles. The number of hydrogen-bond donors (Lipinski definition) is 0. The van der Waals surface area contributed by atoms with Gasteiger partial charge in [0.1, 0.15) is 0 Å². The van der Waals surface area contributed by atoms with E-state index in [2.05, 4.69) is 26.0 Å². The molecule has 1 atom stereocenters. The zero-order valence-electron chi connectivity index (χ0n) is 14.9. The predicted molar refractivity (Wildman–Crippen MR) is 94.5 cm³/mol. The van der Waals surface area contributed by atoms with E-state index >= 15 is 0 Å². The molecule has 0 bridgehead atoms. The Morgan fingerprint density at radius 1 is 1.05 bits per heavy atom. The fraction of sp³-hybridized carbons (Fsp3) is 0.857. The summed E-state index contributed by atoms with van der Waals surface area (Å²) in [5.41, 5.74) is 1.43. The third kappa shape index (κ3) is 4.37. The SMILES string of the molecule is CCCCC1CCC(C#N)(C2=CC[C@H](CCCC)CC2)CC1. The number of nitriles is 1. The van der Waals surface area contributed by atoms with Crippen LogP contribution in [0.2, 0.25) is 0 Å². The summed E-state index contributed by atoms with van der Waals surface area (Å²) < 4.78 is 0. The minimum absolute atomic E-state index is 0.0849. The van der Waals surface area contributed by atoms with Gasteiger partial charge in [0.05, 0.1) is 11.5 Å². The van der Waals surface area contributed by atoms with E-state index < -0.39 is 0 Å². The Morgan fingerprint density at radius 2 is 1.68 bits per heavy atom. The van der Waals surface area contributed by atoms with Crippen molar-refractivity contribution in [3.8, 4) is 6.07 Å². The van der Waals surface area contributed by atoms with E-state index in [9.17, 15) is 5.26 Å². The zero-order chi connectivity index (χ0) is 15.8. The Kier molecular flexibility index (Phi) is 7.00. The number of nitrogens with zero attached hydrogens (tertiary/aromatic N) is 1. The second-order valence-electron chi connectivity index (χ2n) is 7.79. The lowest BCUT2D eigenvalue weighted by atomic mass is 9.64. The third-order valence-electron chi connectivity index (χ3n) is 6.24. The lowest BCUT2D eigenvalue weighted by Gasteiger charge is -2.39. The third-order valence-corrected chi connectivity index (χ3v) is 6.24. The van der Waals surface area contributed by atoms with Crippen molar-refractivity contribution < 1.29 is 0 Å². The van der Waals surface area contributed by atoms with Crippen molar-refractivity contribution in [2.75, 3.05) is 0 Å². The van der Waals surface area contributed by atoms with E-state index in [1.165, 1.54) is 76.2 Å². The molecule has 0 saturated heterocycles. The van der Waals surface area contributed by atoms with Crippen LogP contribution in [0.4, 0.5) is 0 Å². The summed E-state index contributed by atoms with van der Waals surface area (Å²) in [6.07, 6.45) is 19.2. The van der Waals surface area contributed by atoms with Gasteiger partial charge in [-0.25, -0.2) is 0 Å². The molecule has 1 saturated carbocycles. The smallest absolute Gasteiger partial charge is 0.0782 e. The topological polar surface area (TPSA) is 23.8 Å². The summed E-state index contributed by atoms with van der Waals surface area (Å²) in [4.78, 5) is 0. The Hall–Kier alpha value is -0.770. The molecule has 2 aliphatic rings. The van der Waals surface area contributed by atoms with Crippen LogP contribution in [0.25, 0.3) is 0 Å². The molecule has 2 rings (SSSR count). The van der Waals surface area contributed by atoms with Gasteiger partial charge in [0.15, 0.2) is 0 Å². The molecule has 0 aromatic carbocycles. The molecule has 0 aliphatic heterocycles. The highest BCUT2D eigenvalue weighted by molar-refractivity contribution is 5.26. The van der Waals surface area contributed by atoms with Gasteiger partial charge >= 0.3 is 0 Å². The minimum Gasteiger partial charge on any atom is -0.197 e. The molecule has 0 radical (unpaired) electrons. The molecule has 0 amide bonds. The first kappa shape index (κ1) is 17.6. The first-order chi connectivity index (χ1) is 10.7. The van der Waals surface area contributed by atoms with Gasteiger partial charge in [-0.3, -0.25) is 0 Å². The van der Waals surface area contributed by atoms with Crippen LogP contribution in [0.5, 0.6) is 0 Å². The van der Waals surface area contributed by atoms with Crippen LogP contribution in [0.1, 0.15) is 97.3 Å². The minimum atomic E-state index is -0.0849. The molecule has 0 aromatic rings. The van der Waals surface area contributed by atoms with Crippen LogP contribution in [0.15, 0.2) is 11.6 Å². The van der Waals surface area contributed by atoms with Gasteiger partial charge in [-0.05, 0) is 56.8 Å². The van der Waals surface area contributed by atoms with Crippen LogP contribution >= 0.6 is 0 Å². The van der Waals surface area contributed by atoms with E-state index in [4.69, 9.17) is 0 Å². The maximum atomic E-state index is 9.87. The van der Waals surface area contributed by atoms with Crippen molar-refractivity contribution in [1.82, 2.24) is 0 Å². The molecule has 0 N–H and O–H groups in total. The predicted octanol–water partition coefficient (Wildman–Crippen LogP) is 6.79. The van der Waals surface area contributed by atoms with Gasteiger partial charge in [0.25, 0.3) is 0 Å². The first-order valence-corrected chi connectivity index (χ1v) is 9.84. The average Bonchev–Trinajstić information content (AvgIpc) is 2.59. The molecule has 0 heterocycles. The fourth-order valence-electron chi connectivity index (χ4n) is 4.53. The quantitative estimate of drug-likeness (QED) is 0.475. The van der Waals surface area contributed by atoms with E-state index in [1.54, 1.807) is 0 Å². The van der Waals surface area contributed by atoms with Gasteiger partial charge < -0.3 is 0 Å². The van der Waals surface area contributed by atoms with Crippen molar-refractivity contribution in [3.63, 3.8) is 0 Å². The van der Waals surface area contributed by atoms with Gasteiger partial charge in [0.2, 0.25) is 0 Å². The summed E-state index contributed by atoms with van der Waals surface area (Å²) in [5, 5.41) is 9.87. The van der Waals surface area contributed by atoms with Crippen LogP contribution in [-0.4, -0.2) is 0 Å². The first-order valence-electron chi connectivity index (χ1n) is 9.84. The molecule has 0 aromatic heterocycles. The number of rotatable bonds is 7. The summed E-state index contributed by atoms with van der Waals surface area (Å²) in [6, 6.07) is 2.75. The highest BCUT2D eigenvalue weighted by Gasteiger charge is 2.39. The monoisotopic (exact) mass is 301 g/mol. The van der Waals surface area contributed by atoms with Crippen LogP contribution in [0, 0.1) is 28.6 Å². The summed E-state index contributed by atoms with van der Waals surface area (Å²) in [7, 11) is 0. The molecule has 22 heavy (non-hydrogen) atoms.